The molecule has 0 aliphatic rings. The van der Waals surface area contributed by atoms with E-state index >= 15 is 0 Å². The average Bonchev–Trinajstić information content (AvgIpc) is 2.93. The van der Waals surface area contributed by atoms with Gasteiger partial charge >= 0.3 is 0 Å². The van der Waals surface area contributed by atoms with Crippen LogP contribution in [0.25, 0.3) is 0 Å². The first-order valence-electron chi connectivity index (χ1n) is 5.93. The minimum absolute atomic E-state index is 0.134. The molecule has 20 heavy (non-hydrogen) atoms. The van der Waals surface area contributed by atoms with Gasteiger partial charge in [0, 0.05) is 19.8 Å². The predicted octanol–water partition coefficient (Wildman–Crippen LogP) is 0.623. The second kappa shape index (κ2) is 5.55. The van der Waals surface area contributed by atoms with Crippen LogP contribution in [0, 0.1) is 0 Å². The smallest absolute Gasteiger partial charge is 0.242 e. The molecule has 0 bridgehead atoms. The van der Waals surface area contributed by atoms with Gasteiger partial charge in [0.05, 0.1) is 10.9 Å². The van der Waals surface area contributed by atoms with E-state index in [0.29, 0.717) is 5.82 Å². The first-order chi connectivity index (χ1) is 9.41. The maximum absolute atomic E-state index is 11.9. The number of nitrogens with one attached hydrogen (secondary N) is 2. The Bertz CT molecular complexity index is 651. The molecule has 8 nitrogen and oxygen atoms in total. The van der Waals surface area contributed by atoms with Crippen molar-refractivity contribution in [3.63, 3.8) is 0 Å². The molecule has 9 heteroatoms. The number of hydrogen-bond donors (Lipinski definition) is 2. The quantitative estimate of drug-likeness (QED) is 0.838. The number of H-pyrrole nitrogens is 1. The molecular formula is C11H16N6O2S. The zero-order chi connectivity index (χ0) is 14.8. The molecule has 0 fully saturated rings. The Labute approximate surface area is 117 Å². The van der Waals surface area contributed by atoms with Crippen LogP contribution >= 0.6 is 0 Å². The largest absolute Gasteiger partial charge is 0.375 e. The molecule has 0 saturated carbocycles. The number of nitrogens with zero attached hydrogens (tertiary/aromatic N) is 4. The number of benzene rings is 1. The van der Waals surface area contributed by atoms with Gasteiger partial charge in [0.2, 0.25) is 10.0 Å². The summed E-state index contributed by atoms with van der Waals surface area (Å²) in [6, 6.07) is 6.38. The van der Waals surface area contributed by atoms with Gasteiger partial charge < -0.3 is 5.32 Å². The van der Waals surface area contributed by atoms with Gasteiger partial charge in [-0.05, 0) is 31.2 Å². The topological polar surface area (TPSA) is 104 Å². The van der Waals surface area contributed by atoms with E-state index in [0.717, 1.165) is 5.69 Å². The third kappa shape index (κ3) is 2.94. The van der Waals surface area contributed by atoms with Gasteiger partial charge in [-0.15, -0.1) is 10.2 Å². The second-order valence-electron chi connectivity index (χ2n) is 4.45. The Balaban J connectivity index is 2.13. The summed E-state index contributed by atoms with van der Waals surface area (Å²) >= 11 is 0. The molecular weight excluding hydrogens is 280 g/mol. The molecule has 0 aliphatic carbocycles. The maximum Gasteiger partial charge on any atom is 0.242 e. The number of anilines is 1. The minimum Gasteiger partial charge on any atom is -0.375 e. The fourth-order valence-electron chi connectivity index (χ4n) is 1.60. The SMILES string of the molecule is CC(Nc1ccc(S(=O)(=O)N(C)C)cc1)c1nn[nH]n1. The Hall–Kier alpha value is -2.00. The van der Waals surface area contributed by atoms with Gasteiger partial charge in [-0.2, -0.15) is 5.21 Å². The molecule has 108 valence electrons. The van der Waals surface area contributed by atoms with Gasteiger partial charge in [0.1, 0.15) is 0 Å². The Morgan fingerprint density at radius 3 is 2.40 bits per heavy atom. The van der Waals surface area contributed by atoms with Crippen LogP contribution in [0.3, 0.4) is 0 Å². The number of aromatic amines is 1. The van der Waals surface area contributed by atoms with Crippen molar-refractivity contribution in [2.24, 2.45) is 0 Å². The number of tetrazole rings is 1. The molecule has 0 spiro atoms. The van der Waals surface area contributed by atoms with Gasteiger partial charge in [-0.25, -0.2) is 12.7 Å². The molecule has 0 saturated heterocycles. The fourth-order valence-corrected chi connectivity index (χ4v) is 2.50. The van der Waals surface area contributed by atoms with Crippen molar-refractivity contribution in [2.75, 3.05) is 19.4 Å². The monoisotopic (exact) mass is 296 g/mol. The second-order valence-corrected chi connectivity index (χ2v) is 6.60. The van der Waals surface area contributed by atoms with Crippen molar-refractivity contribution in [3.8, 4) is 0 Å². The van der Waals surface area contributed by atoms with E-state index in [4.69, 9.17) is 0 Å². The normalized spacial score (nSPS) is 13.4. The van der Waals surface area contributed by atoms with E-state index in [1.54, 1.807) is 24.3 Å². The van der Waals surface area contributed by atoms with Crippen molar-refractivity contribution in [2.45, 2.75) is 17.9 Å². The average molecular weight is 296 g/mol. The summed E-state index contributed by atoms with van der Waals surface area (Å²) in [6.45, 7) is 1.88. The van der Waals surface area contributed by atoms with Crippen LogP contribution in [0.5, 0.6) is 0 Å². The zero-order valence-corrected chi connectivity index (χ0v) is 12.2. The number of sulfonamides is 1. The van der Waals surface area contributed by atoms with E-state index in [-0.39, 0.29) is 10.9 Å². The maximum atomic E-state index is 11.9. The summed E-state index contributed by atoms with van der Waals surface area (Å²) in [5.41, 5.74) is 0.778. The number of hydrogen-bond acceptors (Lipinski definition) is 6. The molecule has 2 N–H and O–H groups in total. The zero-order valence-electron chi connectivity index (χ0n) is 11.4. The molecule has 1 atom stereocenters. The lowest BCUT2D eigenvalue weighted by Crippen LogP contribution is -2.22. The summed E-state index contributed by atoms with van der Waals surface area (Å²) in [7, 11) is -0.400. The molecule has 1 heterocycles. The first-order valence-corrected chi connectivity index (χ1v) is 7.38. The molecule has 0 aliphatic heterocycles. The van der Waals surface area contributed by atoms with Crippen molar-refractivity contribution in [1.29, 1.82) is 0 Å². The molecule has 2 aromatic rings. The first kappa shape index (κ1) is 14.4. The molecule has 0 amide bonds. The molecule has 1 aromatic heterocycles. The molecule has 0 radical (unpaired) electrons. The molecule has 1 unspecified atom stereocenters. The van der Waals surface area contributed by atoms with E-state index in [9.17, 15) is 8.42 Å². The third-order valence-corrected chi connectivity index (χ3v) is 4.59. The van der Waals surface area contributed by atoms with Crippen molar-refractivity contribution in [1.82, 2.24) is 24.9 Å². The highest BCUT2D eigenvalue weighted by atomic mass is 32.2. The van der Waals surface area contributed by atoms with E-state index in [1.807, 2.05) is 6.92 Å². The van der Waals surface area contributed by atoms with E-state index in [1.165, 1.54) is 18.4 Å². The van der Waals surface area contributed by atoms with Gasteiger partial charge in [0.15, 0.2) is 5.82 Å². The highest BCUT2D eigenvalue weighted by Crippen LogP contribution is 2.19. The van der Waals surface area contributed by atoms with Gasteiger partial charge in [-0.1, -0.05) is 5.21 Å². The van der Waals surface area contributed by atoms with E-state index in [2.05, 4.69) is 25.9 Å². The van der Waals surface area contributed by atoms with Crippen LogP contribution in [0.1, 0.15) is 18.8 Å². The predicted molar refractivity (Wildman–Crippen MR) is 73.5 cm³/mol. The lowest BCUT2D eigenvalue weighted by atomic mass is 10.2. The van der Waals surface area contributed by atoms with Crippen LogP contribution < -0.4 is 5.32 Å². The standard InChI is InChI=1S/C11H16N6O2S/c1-8(11-13-15-16-14-11)12-9-4-6-10(7-5-9)20(18,19)17(2)3/h4-8,12H,1-3H3,(H,13,14,15,16). The lowest BCUT2D eigenvalue weighted by Gasteiger charge is -2.14. The van der Waals surface area contributed by atoms with Crippen molar-refractivity contribution >= 4 is 15.7 Å². The molecule has 1 aromatic carbocycles. The summed E-state index contributed by atoms with van der Waals surface area (Å²) < 4.78 is 25.0. The summed E-state index contributed by atoms with van der Waals surface area (Å²) in [5.74, 6) is 0.537. The fraction of sp³-hybridized carbons (Fsp3) is 0.364. The van der Waals surface area contributed by atoms with Gasteiger partial charge in [-0.3, -0.25) is 0 Å². The van der Waals surface area contributed by atoms with Crippen molar-refractivity contribution in [3.05, 3.63) is 30.1 Å². The summed E-state index contributed by atoms with van der Waals surface area (Å²) in [6.07, 6.45) is 0. The van der Waals surface area contributed by atoms with Crippen molar-refractivity contribution < 1.29 is 8.42 Å². The minimum atomic E-state index is -3.40. The number of aromatic nitrogens is 4. The van der Waals surface area contributed by atoms with Crippen LogP contribution in [0.2, 0.25) is 0 Å². The van der Waals surface area contributed by atoms with E-state index < -0.39 is 10.0 Å². The summed E-state index contributed by atoms with van der Waals surface area (Å²) in [4.78, 5) is 0.250. The highest BCUT2D eigenvalue weighted by Gasteiger charge is 2.17. The van der Waals surface area contributed by atoms with Gasteiger partial charge in [0.25, 0.3) is 0 Å². The third-order valence-electron chi connectivity index (χ3n) is 2.77. The Morgan fingerprint density at radius 2 is 1.90 bits per heavy atom. The summed E-state index contributed by atoms with van der Waals surface area (Å²) in [5, 5.41) is 16.8. The Kier molecular flexibility index (Phi) is 4.00. The Morgan fingerprint density at radius 1 is 1.25 bits per heavy atom. The van der Waals surface area contributed by atoms with Crippen LogP contribution in [0.15, 0.2) is 29.2 Å². The lowest BCUT2D eigenvalue weighted by molar-refractivity contribution is 0.521. The van der Waals surface area contributed by atoms with Crippen LogP contribution in [0.4, 0.5) is 5.69 Å². The molecule has 2 rings (SSSR count). The highest BCUT2D eigenvalue weighted by molar-refractivity contribution is 7.89. The number of rotatable bonds is 5. The van der Waals surface area contributed by atoms with Crippen LogP contribution in [-0.2, 0) is 10.0 Å². The van der Waals surface area contributed by atoms with Crippen LogP contribution in [-0.4, -0.2) is 47.4 Å².